The molecule has 27 heavy (non-hydrogen) atoms. The highest BCUT2D eigenvalue weighted by Crippen LogP contribution is 2.15. The third kappa shape index (κ3) is 3.54. The number of thiazole rings is 1. The Kier molecular flexibility index (Phi) is 4.59. The second-order valence-corrected chi connectivity index (χ2v) is 7.57. The van der Waals surface area contributed by atoms with Gasteiger partial charge in [-0.15, -0.1) is 0 Å². The molecule has 0 saturated heterocycles. The predicted octanol–water partition coefficient (Wildman–Crippen LogP) is 2.61. The fourth-order valence-corrected chi connectivity index (χ4v) is 3.77. The SMILES string of the molecule is Cc1ccc(Cc2nn3c(=O)c(=Cc4ccccc4Cl)sc3nc2=O)cc1. The van der Waals surface area contributed by atoms with Gasteiger partial charge in [0.05, 0.1) is 4.53 Å². The minimum atomic E-state index is -0.416. The maximum Gasteiger partial charge on any atom is 0.296 e. The summed E-state index contributed by atoms with van der Waals surface area (Å²) < 4.78 is 1.62. The van der Waals surface area contributed by atoms with E-state index in [1.165, 1.54) is 4.52 Å². The summed E-state index contributed by atoms with van der Waals surface area (Å²) in [5.74, 6) is 0. The third-order valence-corrected chi connectivity index (χ3v) is 5.44. The van der Waals surface area contributed by atoms with Gasteiger partial charge >= 0.3 is 0 Å². The van der Waals surface area contributed by atoms with Crippen LogP contribution in [0, 0.1) is 6.92 Å². The second kappa shape index (κ2) is 7.06. The van der Waals surface area contributed by atoms with Crippen LogP contribution in [0.25, 0.3) is 11.0 Å². The van der Waals surface area contributed by atoms with Crippen LogP contribution in [0.5, 0.6) is 0 Å². The first-order chi connectivity index (χ1) is 13.0. The van der Waals surface area contributed by atoms with Crippen LogP contribution in [0.3, 0.4) is 0 Å². The predicted molar refractivity (Wildman–Crippen MR) is 108 cm³/mol. The highest BCUT2D eigenvalue weighted by molar-refractivity contribution is 7.15. The molecule has 134 valence electrons. The Morgan fingerprint density at radius 3 is 2.59 bits per heavy atom. The smallest absolute Gasteiger partial charge is 0.266 e. The zero-order valence-electron chi connectivity index (χ0n) is 14.3. The van der Waals surface area contributed by atoms with Gasteiger partial charge in [-0.2, -0.15) is 14.6 Å². The average molecular weight is 396 g/mol. The van der Waals surface area contributed by atoms with Crippen molar-refractivity contribution >= 4 is 34.0 Å². The van der Waals surface area contributed by atoms with Crippen molar-refractivity contribution < 1.29 is 0 Å². The monoisotopic (exact) mass is 395 g/mol. The van der Waals surface area contributed by atoms with E-state index in [0.29, 0.717) is 16.0 Å². The molecule has 7 heteroatoms. The molecule has 4 rings (SSSR count). The first kappa shape index (κ1) is 17.6. The van der Waals surface area contributed by atoms with Crippen molar-refractivity contribution in [1.82, 2.24) is 14.6 Å². The largest absolute Gasteiger partial charge is 0.296 e. The summed E-state index contributed by atoms with van der Waals surface area (Å²) in [6.07, 6.45) is 2.02. The van der Waals surface area contributed by atoms with Gasteiger partial charge in [0.25, 0.3) is 11.1 Å². The number of fused-ring (bicyclic) bond motifs is 1. The number of rotatable bonds is 3. The zero-order chi connectivity index (χ0) is 19.0. The molecule has 2 aromatic carbocycles. The maximum atomic E-state index is 12.7. The van der Waals surface area contributed by atoms with E-state index in [2.05, 4.69) is 10.1 Å². The van der Waals surface area contributed by atoms with Crippen LogP contribution < -0.4 is 15.7 Å². The molecule has 0 bridgehead atoms. The molecular weight excluding hydrogens is 382 g/mol. The van der Waals surface area contributed by atoms with Crippen molar-refractivity contribution in [1.29, 1.82) is 0 Å². The molecule has 0 fully saturated rings. The van der Waals surface area contributed by atoms with Gasteiger partial charge in [-0.25, -0.2) is 0 Å². The fourth-order valence-electron chi connectivity index (χ4n) is 2.68. The van der Waals surface area contributed by atoms with Gasteiger partial charge in [-0.05, 0) is 30.2 Å². The van der Waals surface area contributed by atoms with Crippen LogP contribution >= 0.6 is 22.9 Å². The number of halogens is 1. The second-order valence-electron chi connectivity index (χ2n) is 6.16. The number of nitrogens with zero attached hydrogens (tertiary/aromatic N) is 3. The molecule has 0 spiro atoms. The molecule has 4 aromatic rings. The van der Waals surface area contributed by atoms with Crippen molar-refractivity contribution in [2.45, 2.75) is 13.3 Å². The summed E-state index contributed by atoms with van der Waals surface area (Å²) in [6, 6.07) is 15.1. The first-order valence-electron chi connectivity index (χ1n) is 8.26. The van der Waals surface area contributed by atoms with Crippen molar-refractivity contribution in [3.05, 3.63) is 101 Å². The first-order valence-corrected chi connectivity index (χ1v) is 9.45. The number of benzene rings is 2. The summed E-state index contributed by atoms with van der Waals surface area (Å²) in [7, 11) is 0. The maximum absolute atomic E-state index is 12.7. The van der Waals surface area contributed by atoms with Crippen molar-refractivity contribution in [3.8, 4) is 0 Å². The van der Waals surface area contributed by atoms with Crippen LogP contribution in [0.1, 0.15) is 22.4 Å². The summed E-state index contributed by atoms with van der Waals surface area (Å²) in [4.78, 5) is 29.3. The van der Waals surface area contributed by atoms with Crippen molar-refractivity contribution in [2.75, 3.05) is 0 Å². The molecule has 0 N–H and O–H groups in total. The standard InChI is InChI=1S/C20H14ClN3O2S/c1-12-6-8-13(9-7-12)10-16-18(25)22-20-24(23-16)19(26)17(27-20)11-14-4-2-3-5-15(14)21/h2-9,11H,10H2,1H3. The molecule has 0 aliphatic heterocycles. The lowest BCUT2D eigenvalue weighted by Gasteiger charge is -2.01. The minimum absolute atomic E-state index is 0.246. The lowest BCUT2D eigenvalue weighted by atomic mass is 10.1. The van der Waals surface area contributed by atoms with Crippen LogP contribution in [0.4, 0.5) is 0 Å². The Bertz CT molecular complexity index is 1310. The van der Waals surface area contributed by atoms with Crippen LogP contribution in [0.2, 0.25) is 5.02 Å². The Morgan fingerprint density at radius 2 is 1.85 bits per heavy atom. The number of aryl methyl sites for hydroxylation is 1. The van der Waals surface area contributed by atoms with E-state index in [-0.39, 0.29) is 16.2 Å². The van der Waals surface area contributed by atoms with E-state index in [1.54, 1.807) is 12.1 Å². The van der Waals surface area contributed by atoms with Crippen LogP contribution in [0.15, 0.2) is 58.1 Å². The van der Waals surface area contributed by atoms with E-state index in [4.69, 9.17) is 11.6 Å². The van der Waals surface area contributed by atoms with Gasteiger partial charge in [0.15, 0.2) is 0 Å². The van der Waals surface area contributed by atoms with Crippen LogP contribution in [-0.4, -0.2) is 14.6 Å². The summed E-state index contributed by atoms with van der Waals surface area (Å²) in [5.41, 5.74) is 2.32. The van der Waals surface area contributed by atoms with Gasteiger partial charge < -0.3 is 0 Å². The van der Waals surface area contributed by atoms with E-state index in [1.807, 2.05) is 49.4 Å². The van der Waals surface area contributed by atoms with E-state index < -0.39 is 5.56 Å². The quantitative estimate of drug-likeness (QED) is 0.535. The van der Waals surface area contributed by atoms with Gasteiger partial charge in [-0.1, -0.05) is 71.0 Å². The zero-order valence-corrected chi connectivity index (χ0v) is 15.9. The average Bonchev–Trinajstić information content (AvgIpc) is 2.94. The van der Waals surface area contributed by atoms with Gasteiger partial charge in [0.1, 0.15) is 5.69 Å². The molecule has 0 saturated carbocycles. The summed E-state index contributed by atoms with van der Waals surface area (Å²) >= 11 is 7.28. The Hall–Kier alpha value is -2.83. The molecule has 2 aromatic heterocycles. The van der Waals surface area contributed by atoms with Gasteiger partial charge in [0, 0.05) is 11.4 Å². The Morgan fingerprint density at radius 1 is 1.11 bits per heavy atom. The highest BCUT2D eigenvalue weighted by Gasteiger charge is 2.12. The third-order valence-electron chi connectivity index (χ3n) is 4.13. The molecule has 2 heterocycles. The number of hydrogen-bond acceptors (Lipinski definition) is 5. The number of aromatic nitrogens is 3. The fraction of sp³-hybridized carbons (Fsp3) is 0.100. The molecule has 0 unspecified atom stereocenters. The lowest BCUT2D eigenvalue weighted by molar-refractivity contribution is 0.811. The minimum Gasteiger partial charge on any atom is -0.266 e. The highest BCUT2D eigenvalue weighted by atomic mass is 35.5. The molecule has 5 nitrogen and oxygen atoms in total. The Labute approximate surface area is 163 Å². The van der Waals surface area contributed by atoms with E-state index in [9.17, 15) is 9.59 Å². The van der Waals surface area contributed by atoms with E-state index in [0.717, 1.165) is 28.0 Å². The van der Waals surface area contributed by atoms with Crippen molar-refractivity contribution in [3.63, 3.8) is 0 Å². The Balaban J connectivity index is 1.82. The molecular formula is C20H14ClN3O2S. The van der Waals surface area contributed by atoms with Crippen molar-refractivity contribution in [2.24, 2.45) is 0 Å². The lowest BCUT2D eigenvalue weighted by Crippen LogP contribution is -2.28. The molecule has 0 atom stereocenters. The van der Waals surface area contributed by atoms with Crippen LogP contribution in [-0.2, 0) is 6.42 Å². The normalized spacial score (nSPS) is 12.0. The van der Waals surface area contributed by atoms with Gasteiger partial charge in [0.2, 0.25) is 4.96 Å². The van der Waals surface area contributed by atoms with E-state index >= 15 is 0 Å². The number of hydrogen-bond donors (Lipinski definition) is 0. The summed E-state index contributed by atoms with van der Waals surface area (Å²) in [6.45, 7) is 2.00. The van der Waals surface area contributed by atoms with Gasteiger partial charge in [-0.3, -0.25) is 9.59 Å². The summed E-state index contributed by atoms with van der Waals surface area (Å²) in [5, 5.41) is 4.81. The molecule has 0 radical (unpaired) electrons. The molecule has 0 amide bonds. The molecule has 0 aliphatic rings. The topological polar surface area (TPSA) is 64.3 Å². The molecule has 0 aliphatic carbocycles.